The van der Waals surface area contributed by atoms with E-state index in [1.807, 2.05) is 32.0 Å². The van der Waals surface area contributed by atoms with Crippen molar-refractivity contribution in [1.29, 1.82) is 0 Å². The Bertz CT molecular complexity index is 462. The Morgan fingerprint density at radius 2 is 2.21 bits per heavy atom. The van der Waals surface area contributed by atoms with Crippen molar-refractivity contribution in [2.45, 2.75) is 32.2 Å². The van der Waals surface area contributed by atoms with Gasteiger partial charge in [0.1, 0.15) is 6.10 Å². The zero-order valence-corrected chi connectivity index (χ0v) is 11.9. The highest BCUT2D eigenvalue weighted by Gasteiger charge is 2.32. The molecule has 104 valence electrons. The molecule has 0 radical (unpaired) electrons. The van der Waals surface area contributed by atoms with Gasteiger partial charge in [0.15, 0.2) is 5.79 Å². The zero-order chi connectivity index (χ0) is 13.9. The van der Waals surface area contributed by atoms with E-state index >= 15 is 0 Å². The van der Waals surface area contributed by atoms with E-state index in [0.29, 0.717) is 18.2 Å². The summed E-state index contributed by atoms with van der Waals surface area (Å²) in [6, 6.07) is 7.33. The van der Waals surface area contributed by atoms with Crippen LogP contribution in [0.2, 0.25) is 5.02 Å². The molecule has 1 saturated heterocycles. The van der Waals surface area contributed by atoms with Crippen molar-refractivity contribution >= 4 is 17.5 Å². The van der Waals surface area contributed by atoms with Gasteiger partial charge in [0.25, 0.3) is 0 Å². The minimum Gasteiger partial charge on any atom is -0.353 e. The summed E-state index contributed by atoms with van der Waals surface area (Å²) < 4.78 is 11.0. The molecule has 0 saturated carbocycles. The standard InChI is InChI=1S/C14H18ClNO3/c1-14(2)18-9-11(19-14)8-16-13(17)7-10-5-3-4-6-12(10)15/h3-6,11H,7-9H2,1-2H3,(H,16,17). The highest BCUT2D eigenvalue weighted by Crippen LogP contribution is 2.21. The van der Waals surface area contributed by atoms with E-state index in [1.54, 1.807) is 6.07 Å². The lowest BCUT2D eigenvalue weighted by molar-refractivity contribution is -0.139. The fraction of sp³-hybridized carbons (Fsp3) is 0.500. The second kappa shape index (κ2) is 5.90. The van der Waals surface area contributed by atoms with Crippen LogP contribution in [0.15, 0.2) is 24.3 Å². The third-order valence-electron chi connectivity index (χ3n) is 2.90. The number of rotatable bonds is 4. The van der Waals surface area contributed by atoms with Crippen molar-refractivity contribution < 1.29 is 14.3 Å². The number of benzene rings is 1. The number of nitrogens with one attached hydrogen (secondary N) is 1. The summed E-state index contributed by atoms with van der Waals surface area (Å²) in [4.78, 5) is 11.8. The van der Waals surface area contributed by atoms with E-state index in [9.17, 15) is 4.79 Å². The molecule has 1 aliphatic heterocycles. The van der Waals surface area contributed by atoms with Crippen LogP contribution in [0.3, 0.4) is 0 Å². The van der Waals surface area contributed by atoms with Gasteiger partial charge in [-0.3, -0.25) is 4.79 Å². The van der Waals surface area contributed by atoms with E-state index in [0.717, 1.165) is 5.56 Å². The molecule has 0 spiro atoms. The van der Waals surface area contributed by atoms with Crippen molar-refractivity contribution in [3.8, 4) is 0 Å². The first-order valence-corrected chi connectivity index (χ1v) is 6.66. The summed E-state index contributed by atoms with van der Waals surface area (Å²) >= 11 is 6.01. The summed E-state index contributed by atoms with van der Waals surface area (Å²) in [6.45, 7) is 4.67. The van der Waals surface area contributed by atoms with Gasteiger partial charge in [-0.05, 0) is 25.5 Å². The molecule has 1 N–H and O–H groups in total. The Morgan fingerprint density at radius 3 is 2.84 bits per heavy atom. The highest BCUT2D eigenvalue weighted by atomic mass is 35.5. The molecule has 1 fully saturated rings. The third kappa shape index (κ3) is 4.20. The highest BCUT2D eigenvalue weighted by molar-refractivity contribution is 6.31. The van der Waals surface area contributed by atoms with E-state index in [1.165, 1.54) is 0 Å². The molecule has 1 aliphatic rings. The number of carbonyl (C=O) groups is 1. The molecule has 5 heteroatoms. The topological polar surface area (TPSA) is 47.6 Å². The van der Waals surface area contributed by atoms with Gasteiger partial charge in [-0.1, -0.05) is 29.8 Å². The predicted molar refractivity (Wildman–Crippen MR) is 73.1 cm³/mol. The minimum atomic E-state index is -0.557. The summed E-state index contributed by atoms with van der Waals surface area (Å²) in [6.07, 6.45) is 0.182. The Labute approximate surface area is 118 Å². The Kier molecular flexibility index (Phi) is 4.45. The summed E-state index contributed by atoms with van der Waals surface area (Å²) in [5.74, 6) is -0.626. The van der Waals surface area contributed by atoms with Crippen molar-refractivity contribution in [3.05, 3.63) is 34.9 Å². The molecule has 1 aromatic carbocycles. The van der Waals surface area contributed by atoms with Gasteiger partial charge in [-0.25, -0.2) is 0 Å². The van der Waals surface area contributed by atoms with Crippen molar-refractivity contribution in [2.75, 3.05) is 13.2 Å². The Morgan fingerprint density at radius 1 is 1.47 bits per heavy atom. The van der Waals surface area contributed by atoms with Gasteiger partial charge in [-0.15, -0.1) is 0 Å². The fourth-order valence-electron chi connectivity index (χ4n) is 1.97. The van der Waals surface area contributed by atoms with Gasteiger partial charge in [0, 0.05) is 11.6 Å². The molecule has 1 aromatic rings. The number of ether oxygens (including phenoxy) is 2. The van der Waals surface area contributed by atoms with Crippen molar-refractivity contribution in [2.24, 2.45) is 0 Å². The normalized spacial score (nSPS) is 21.3. The number of hydrogen-bond donors (Lipinski definition) is 1. The third-order valence-corrected chi connectivity index (χ3v) is 3.27. The lowest BCUT2D eigenvalue weighted by atomic mass is 10.1. The molecule has 0 aromatic heterocycles. The minimum absolute atomic E-state index is 0.0681. The average Bonchev–Trinajstić information content (AvgIpc) is 2.69. The lowest BCUT2D eigenvalue weighted by Gasteiger charge is -2.17. The maximum Gasteiger partial charge on any atom is 0.224 e. The molecule has 19 heavy (non-hydrogen) atoms. The molecular weight excluding hydrogens is 266 g/mol. The van der Waals surface area contributed by atoms with Crippen LogP contribution in [0.1, 0.15) is 19.4 Å². The van der Waals surface area contributed by atoms with Crippen LogP contribution >= 0.6 is 11.6 Å². The number of amides is 1. The maximum atomic E-state index is 11.8. The molecule has 4 nitrogen and oxygen atoms in total. The van der Waals surface area contributed by atoms with E-state index < -0.39 is 5.79 Å². The molecule has 1 heterocycles. The van der Waals surface area contributed by atoms with Crippen molar-refractivity contribution in [1.82, 2.24) is 5.32 Å². The monoisotopic (exact) mass is 283 g/mol. The number of halogens is 1. The van der Waals surface area contributed by atoms with Gasteiger partial charge in [-0.2, -0.15) is 0 Å². The second-order valence-electron chi connectivity index (χ2n) is 5.02. The van der Waals surface area contributed by atoms with Crippen LogP contribution in [-0.2, 0) is 20.7 Å². The predicted octanol–water partition coefficient (Wildman–Crippen LogP) is 2.15. The lowest BCUT2D eigenvalue weighted by Crippen LogP contribution is -2.35. The summed E-state index contributed by atoms with van der Waals surface area (Å²) in [5, 5.41) is 3.45. The van der Waals surface area contributed by atoms with Gasteiger partial charge in [0.05, 0.1) is 13.0 Å². The van der Waals surface area contributed by atoms with Crippen LogP contribution in [0.4, 0.5) is 0 Å². The smallest absolute Gasteiger partial charge is 0.224 e. The molecule has 0 aliphatic carbocycles. The largest absolute Gasteiger partial charge is 0.353 e. The van der Waals surface area contributed by atoms with Crippen LogP contribution < -0.4 is 5.32 Å². The maximum absolute atomic E-state index is 11.8. The van der Waals surface area contributed by atoms with Crippen LogP contribution in [0.5, 0.6) is 0 Å². The Balaban J connectivity index is 1.78. The SMILES string of the molecule is CC1(C)OCC(CNC(=O)Cc2ccccc2Cl)O1. The average molecular weight is 284 g/mol. The molecule has 2 rings (SSSR count). The molecule has 1 unspecified atom stereocenters. The second-order valence-corrected chi connectivity index (χ2v) is 5.43. The summed E-state index contributed by atoms with van der Waals surface area (Å²) in [5.41, 5.74) is 0.825. The van der Waals surface area contributed by atoms with Crippen molar-refractivity contribution in [3.63, 3.8) is 0 Å². The fourth-order valence-corrected chi connectivity index (χ4v) is 2.17. The van der Waals surface area contributed by atoms with Crippen LogP contribution in [-0.4, -0.2) is 30.9 Å². The van der Waals surface area contributed by atoms with E-state index in [-0.39, 0.29) is 18.4 Å². The zero-order valence-electron chi connectivity index (χ0n) is 11.1. The molecule has 0 bridgehead atoms. The van der Waals surface area contributed by atoms with Gasteiger partial charge in [0.2, 0.25) is 5.91 Å². The van der Waals surface area contributed by atoms with Gasteiger partial charge < -0.3 is 14.8 Å². The first-order valence-electron chi connectivity index (χ1n) is 6.28. The van der Waals surface area contributed by atoms with E-state index in [4.69, 9.17) is 21.1 Å². The Hall–Kier alpha value is -1.10. The first kappa shape index (κ1) is 14.3. The number of carbonyl (C=O) groups excluding carboxylic acids is 1. The molecule has 1 amide bonds. The van der Waals surface area contributed by atoms with E-state index in [2.05, 4.69) is 5.32 Å². The first-order chi connectivity index (χ1) is 8.96. The van der Waals surface area contributed by atoms with Crippen LogP contribution in [0, 0.1) is 0 Å². The van der Waals surface area contributed by atoms with Gasteiger partial charge >= 0.3 is 0 Å². The van der Waals surface area contributed by atoms with Crippen LogP contribution in [0.25, 0.3) is 0 Å². The summed E-state index contributed by atoms with van der Waals surface area (Å²) in [7, 11) is 0. The number of hydrogen-bond acceptors (Lipinski definition) is 3. The molecular formula is C14H18ClNO3. The quantitative estimate of drug-likeness (QED) is 0.921. The molecule has 1 atom stereocenters.